The maximum absolute atomic E-state index is 13.8. The van der Waals surface area contributed by atoms with Gasteiger partial charge in [0.05, 0.1) is 15.7 Å². The van der Waals surface area contributed by atoms with Crippen molar-refractivity contribution in [1.82, 2.24) is 9.88 Å². The van der Waals surface area contributed by atoms with Gasteiger partial charge in [0, 0.05) is 23.2 Å². The number of carbonyl (C=O) groups is 1. The van der Waals surface area contributed by atoms with Crippen LogP contribution in [0, 0.1) is 6.92 Å². The number of nitrogens with one attached hydrogen (secondary N) is 1. The van der Waals surface area contributed by atoms with Gasteiger partial charge in [-0.1, -0.05) is 59.6 Å². The lowest BCUT2D eigenvalue weighted by molar-refractivity contribution is 0.185. The van der Waals surface area contributed by atoms with E-state index in [1.54, 1.807) is 17.8 Å². The Kier molecular flexibility index (Phi) is 7.80. The molecule has 4 nitrogen and oxygen atoms in total. The number of aryl methyl sites for hydroxylation is 1. The molecule has 1 aromatic heterocycles. The molecule has 1 aliphatic carbocycles. The molecule has 1 N–H and O–H groups in total. The van der Waals surface area contributed by atoms with Gasteiger partial charge in [0.1, 0.15) is 5.03 Å². The second kappa shape index (κ2) is 10.6. The van der Waals surface area contributed by atoms with Gasteiger partial charge in [-0.3, -0.25) is 0 Å². The van der Waals surface area contributed by atoms with Gasteiger partial charge in [-0.05, 0) is 61.1 Å². The van der Waals surface area contributed by atoms with E-state index in [1.807, 2.05) is 54.7 Å². The van der Waals surface area contributed by atoms with Crippen LogP contribution in [0.25, 0.3) is 0 Å². The van der Waals surface area contributed by atoms with Crippen LogP contribution in [0.4, 0.5) is 10.5 Å². The quantitative estimate of drug-likeness (QED) is 0.347. The number of carbonyl (C=O) groups excluding carboxylic acids is 1. The van der Waals surface area contributed by atoms with E-state index < -0.39 is 0 Å². The summed E-state index contributed by atoms with van der Waals surface area (Å²) in [7, 11) is 0. The lowest BCUT2D eigenvalue weighted by Gasteiger charge is -2.30. The van der Waals surface area contributed by atoms with Crippen molar-refractivity contribution in [1.29, 1.82) is 0 Å². The lowest BCUT2D eigenvalue weighted by atomic mass is 10.1. The van der Waals surface area contributed by atoms with Crippen LogP contribution < -0.4 is 5.32 Å². The highest BCUT2D eigenvalue weighted by molar-refractivity contribution is 7.99. The van der Waals surface area contributed by atoms with Crippen molar-refractivity contribution in [3.63, 3.8) is 0 Å². The van der Waals surface area contributed by atoms with Gasteiger partial charge in [-0.15, -0.1) is 23.5 Å². The number of anilines is 1. The first-order valence-corrected chi connectivity index (χ1v) is 13.8. The van der Waals surface area contributed by atoms with Crippen LogP contribution in [0.2, 0.25) is 10.0 Å². The van der Waals surface area contributed by atoms with Crippen molar-refractivity contribution < 1.29 is 4.79 Å². The minimum Gasteiger partial charge on any atom is -0.316 e. The normalized spacial score (nSPS) is 13.1. The van der Waals surface area contributed by atoms with Crippen LogP contribution in [0.1, 0.15) is 22.4 Å². The minimum atomic E-state index is -0.167. The van der Waals surface area contributed by atoms with Crippen molar-refractivity contribution >= 4 is 58.4 Å². The lowest BCUT2D eigenvalue weighted by Crippen LogP contribution is -2.43. The zero-order valence-corrected chi connectivity index (χ0v) is 21.8. The number of aromatic nitrogens is 1. The SMILES string of the molecule is CSc1cc(C)nc(SC)c1NC(=O)N(Cc1cccc(Cl)c1Cl)C1Cc2ccccc2C1. The van der Waals surface area contributed by atoms with Crippen molar-refractivity contribution in [2.24, 2.45) is 0 Å². The van der Waals surface area contributed by atoms with Crippen molar-refractivity contribution in [2.75, 3.05) is 17.8 Å². The van der Waals surface area contributed by atoms with E-state index in [0.717, 1.165) is 39.7 Å². The molecule has 0 fully saturated rings. The molecule has 0 radical (unpaired) electrons. The van der Waals surface area contributed by atoms with Gasteiger partial charge in [0.25, 0.3) is 0 Å². The largest absolute Gasteiger partial charge is 0.322 e. The smallest absolute Gasteiger partial charge is 0.316 e. The summed E-state index contributed by atoms with van der Waals surface area (Å²) < 4.78 is 0. The van der Waals surface area contributed by atoms with Gasteiger partial charge in [0.2, 0.25) is 0 Å². The monoisotopic (exact) mass is 517 g/mol. The predicted molar refractivity (Wildman–Crippen MR) is 141 cm³/mol. The van der Waals surface area contributed by atoms with Crippen LogP contribution in [-0.2, 0) is 19.4 Å². The molecule has 1 aliphatic rings. The molecule has 0 bridgehead atoms. The first-order chi connectivity index (χ1) is 15.9. The number of rotatable bonds is 6. The average molecular weight is 519 g/mol. The third kappa shape index (κ3) is 5.29. The second-order valence-electron chi connectivity index (χ2n) is 7.95. The molecule has 33 heavy (non-hydrogen) atoms. The Morgan fingerprint density at radius 3 is 2.42 bits per heavy atom. The topological polar surface area (TPSA) is 45.2 Å². The third-order valence-electron chi connectivity index (χ3n) is 5.83. The maximum Gasteiger partial charge on any atom is 0.322 e. The van der Waals surface area contributed by atoms with Crippen LogP contribution >= 0.6 is 46.7 Å². The summed E-state index contributed by atoms with van der Waals surface area (Å²) >= 11 is 15.9. The van der Waals surface area contributed by atoms with Crippen molar-refractivity contribution in [2.45, 2.75) is 42.3 Å². The number of benzene rings is 2. The third-order valence-corrected chi connectivity index (χ3v) is 8.13. The molecule has 0 saturated heterocycles. The molecule has 0 atom stereocenters. The number of pyridine rings is 1. The number of amides is 2. The number of hydrogen-bond acceptors (Lipinski definition) is 4. The van der Waals surface area contributed by atoms with Gasteiger partial charge in [-0.2, -0.15) is 0 Å². The number of nitrogens with zero attached hydrogens (tertiary/aromatic N) is 2. The molecule has 1 heterocycles. The molecule has 0 spiro atoms. The summed E-state index contributed by atoms with van der Waals surface area (Å²) in [6.07, 6.45) is 5.59. The van der Waals surface area contributed by atoms with E-state index in [4.69, 9.17) is 23.2 Å². The standard InChI is InChI=1S/C25H25Cl2N3OS2/c1-15-11-21(32-2)23(24(28-15)33-3)29-25(31)30(14-18-9-6-10-20(26)22(18)27)19-12-16-7-4-5-8-17(16)13-19/h4-11,19H,12-14H2,1-3H3,(H,29,31). The zero-order chi connectivity index (χ0) is 23.5. The zero-order valence-electron chi connectivity index (χ0n) is 18.7. The number of thioether (sulfide) groups is 2. The molecule has 0 aliphatic heterocycles. The summed E-state index contributed by atoms with van der Waals surface area (Å²) in [5.74, 6) is 0. The maximum atomic E-state index is 13.8. The molecule has 8 heteroatoms. The van der Waals surface area contributed by atoms with E-state index in [-0.39, 0.29) is 12.1 Å². The average Bonchev–Trinajstić information content (AvgIpc) is 3.24. The molecular formula is C25H25Cl2N3OS2. The van der Waals surface area contributed by atoms with Crippen molar-refractivity contribution in [3.8, 4) is 0 Å². The molecule has 0 unspecified atom stereocenters. The Bertz CT molecular complexity index is 1140. The predicted octanol–water partition coefficient (Wildman–Crippen LogP) is 7.34. The highest BCUT2D eigenvalue weighted by atomic mass is 35.5. The number of urea groups is 1. The Morgan fingerprint density at radius 1 is 1.09 bits per heavy atom. The van der Waals surface area contributed by atoms with Gasteiger partial charge >= 0.3 is 6.03 Å². The van der Waals surface area contributed by atoms with Crippen LogP contribution in [0.5, 0.6) is 0 Å². The first kappa shape index (κ1) is 24.3. The van der Waals surface area contributed by atoms with E-state index in [0.29, 0.717) is 16.6 Å². The Balaban J connectivity index is 1.68. The van der Waals surface area contributed by atoms with E-state index in [9.17, 15) is 4.79 Å². The van der Waals surface area contributed by atoms with E-state index >= 15 is 0 Å². The number of hydrogen-bond donors (Lipinski definition) is 1. The second-order valence-corrected chi connectivity index (χ2v) is 10.4. The van der Waals surface area contributed by atoms with Crippen molar-refractivity contribution in [3.05, 3.63) is 81.0 Å². The molecular weight excluding hydrogens is 493 g/mol. The van der Waals surface area contributed by atoms with Gasteiger partial charge < -0.3 is 10.2 Å². The summed E-state index contributed by atoms with van der Waals surface area (Å²) in [5.41, 5.74) is 5.07. The minimum absolute atomic E-state index is 0.0197. The Morgan fingerprint density at radius 2 is 1.79 bits per heavy atom. The summed E-state index contributed by atoms with van der Waals surface area (Å²) in [6, 6.07) is 15.8. The highest BCUT2D eigenvalue weighted by Gasteiger charge is 2.31. The summed E-state index contributed by atoms with van der Waals surface area (Å²) in [5, 5.41) is 4.95. The van der Waals surface area contributed by atoms with Crippen LogP contribution in [0.3, 0.4) is 0 Å². The van der Waals surface area contributed by atoms with E-state index in [2.05, 4.69) is 22.4 Å². The summed E-state index contributed by atoms with van der Waals surface area (Å²) in [6.45, 7) is 2.33. The Hall–Kier alpha value is -1.86. The number of halogens is 2. The molecule has 0 saturated carbocycles. The molecule has 4 rings (SSSR count). The molecule has 2 amide bonds. The Labute approximate surface area is 213 Å². The fourth-order valence-electron chi connectivity index (χ4n) is 4.19. The summed E-state index contributed by atoms with van der Waals surface area (Å²) in [4.78, 5) is 21.3. The van der Waals surface area contributed by atoms with Crippen LogP contribution in [0.15, 0.2) is 58.5 Å². The molecule has 3 aromatic rings. The fraction of sp³-hybridized carbons (Fsp3) is 0.280. The van der Waals surface area contributed by atoms with E-state index in [1.165, 1.54) is 22.9 Å². The van der Waals surface area contributed by atoms with Gasteiger partial charge in [0.15, 0.2) is 0 Å². The highest BCUT2D eigenvalue weighted by Crippen LogP contribution is 2.35. The number of fused-ring (bicyclic) bond motifs is 1. The van der Waals surface area contributed by atoms with Gasteiger partial charge in [-0.25, -0.2) is 9.78 Å². The van der Waals surface area contributed by atoms with Crippen LogP contribution in [-0.4, -0.2) is 34.5 Å². The first-order valence-electron chi connectivity index (χ1n) is 10.6. The molecule has 172 valence electrons. The molecule has 2 aromatic carbocycles. The fourth-order valence-corrected chi connectivity index (χ4v) is 5.88.